The molecule has 0 aromatic heterocycles. The zero-order valence-electron chi connectivity index (χ0n) is 8.88. The molecule has 0 aliphatic carbocycles. The van der Waals surface area contributed by atoms with Crippen molar-refractivity contribution in [2.75, 3.05) is 0 Å². The van der Waals surface area contributed by atoms with Gasteiger partial charge in [0.05, 0.1) is 0 Å². The summed E-state index contributed by atoms with van der Waals surface area (Å²) in [4.78, 5) is 10.5. The molecule has 0 amide bonds. The molecule has 0 aliphatic rings. The van der Waals surface area contributed by atoms with Gasteiger partial charge in [-0.05, 0) is 12.5 Å². The molecule has 1 aromatic carbocycles. The lowest BCUT2D eigenvalue weighted by Crippen LogP contribution is -2.49. The van der Waals surface area contributed by atoms with Crippen LogP contribution in [0.3, 0.4) is 0 Å². The number of carboxylic acids is 1. The van der Waals surface area contributed by atoms with Gasteiger partial charge in [0.25, 0.3) is 0 Å². The number of carbonyl (C=O) groups is 1. The van der Waals surface area contributed by atoms with E-state index in [0.29, 0.717) is 5.56 Å². The van der Waals surface area contributed by atoms with Crippen LogP contribution in [0.2, 0.25) is 0 Å². The number of benzene rings is 1. The second kappa shape index (κ2) is 4.35. The Morgan fingerprint density at radius 3 is 2.29 bits per heavy atom. The first kappa shape index (κ1) is 13.5. The van der Waals surface area contributed by atoms with Crippen molar-refractivity contribution in [3.63, 3.8) is 0 Å². The summed E-state index contributed by atoms with van der Waals surface area (Å²) in [6, 6.07) is 5.65. The average Bonchev–Trinajstić information content (AvgIpc) is 2.15. The van der Waals surface area contributed by atoms with Gasteiger partial charge < -0.3 is 5.11 Å². The van der Waals surface area contributed by atoms with Crippen LogP contribution in [0.5, 0.6) is 0 Å². The summed E-state index contributed by atoms with van der Waals surface area (Å²) < 4.78 is 50.7. The van der Waals surface area contributed by atoms with Gasteiger partial charge in [0, 0.05) is 6.42 Å². The van der Waals surface area contributed by atoms with Gasteiger partial charge in [-0.25, -0.2) is 9.18 Å². The maximum atomic E-state index is 13.5. The molecule has 0 fully saturated rings. The Morgan fingerprint density at radius 2 is 1.88 bits per heavy atom. The third-order valence-corrected chi connectivity index (χ3v) is 2.32. The fraction of sp³-hybridized carbons (Fsp3) is 0.364. The Hall–Kier alpha value is -1.59. The van der Waals surface area contributed by atoms with Gasteiger partial charge in [-0.15, -0.1) is 0 Å². The zero-order valence-corrected chi connectivity index (χ0v) is 8.88. The van der Waals surface area contributed by atoms with Crippen molar-refractivity contribution in [2.45, 2.75) is 25.2 Å². The van der Waals surface area contributed by atoms with Gasteiger partial charge in [0.1, 0.15) is 0 Å². The van der Waals surface area contributed by atoms with Gasteiger partial charge >= 0.3 is 17.8 Å². The molecule has 1 N–H and O–H groups in total. The normalized spacial score (nSPS) is 15.4. The third kappa shape index (κ3) is 2.75. The van der Waals surface area contributed by atoms with Crippen molar-refractivity contribution < 1.29 is 27.5 Å². The van der Waals surface area contributed by atoms with E-state index in [9.17, 15) is 22.4 Å². The van der Waals surface area contributed by atoms with Gasteiger partial charge in [-0.2, -0.15) is 13.2 Å². The van der Waals surface area contributed by atoms with E-state index in [1.54, 1.807) is 13.0 Å². The average molecular weight is 250 g/mol. The van der Waals surface area contributed by atoms with Crippen LogP contribution in [0.25, 0.3) is 0 Å². The molecule has 0 radical (unpaired) electrons. The minimum Gasteiger partial charge on any atom is -0.479 e. The van der Waals surface area contributed by atoms with E-state index in [1.165, 1.54) is 18.2 Å². The van der Waals surface area contributed by atoms with Crippen LogP contribution in [0.1, 0.15) is 11.1 Å². The summed E-state index contributed by atoms with van der Waals surface area (Å²) in [6.07, 6.45) is -6.67. The highest BCUT2D eigenvalue weighted by Crippen LogP contribution is 2.37. The Kier molecular flexibility index (Phi) is 3.45. The standard InChI is InChI=1S/C11H10F4O2/c1-7-3-2-4-8(5-7)6-10(12,9(16)17)11(13,14)15/h2-5H,6H2,1H3,(H,16,17). The largest absolute Gasteiger partial charge is 0.479 e. The minimum atomic E-state index is -5.44. The first-order chi connectivity index (χ1) is 7.67. The van der Waals surface area contributed by atoms with E-state index >= 15 is 0 Å². The lowest BCUT2D eigenvalue weighted by Gasteiger charge is -2.23. The number of aliphatic carboxylic acids is 1. The van der Waals surface area contributed by atoms with Crippen molar-refractivity contribution in [1.82, 2.24) is 0 Å². The highest BCUT2D eigenvalue weighted by atomic mass is 19.4. The molecule has 1 rings (SSSR count). The van der Waals surface area contributed by atoms with Crippen molar-refractivity contribution in [2.24, 2.45) is 0 Å². The fourth-order valence-electron chi connectivity index (χ4n) is 1.40. The second-order valence-electron chi connectivity index (χ2n) is 3.77. The molecule has 1 unspecified atom stereocenters. The number of hydrogen-bond acceptors (Lipinski definition) is 1. The lowest BCUT2D eigenvalue weighted by molar-refractivity contribution is -0.235. The highest BCUT2D eigenvalue weighted by Gasteiger charge is 2.62. The number of rotatable bonds is 3. The van der Waals surface area contributed by atoms with Gasteiger partial charge in [0.2, 0.25) is 0 Å². The van der Waals surface area contributed by atoms with Gasteiger partial charge in [-0.3, -0.25) is 0 Å². The van der Waals surface area contributed by atoms with Crippen LogP contribution in [-0.2, 0) is 11.2 Å². The van der Waals surface area contributed by atoms with E-state index in [2.05, 4.69) is 0 Å². The van der Waals surface area contributed by atoms with E-state index in [4.69, 9.17) is 5.11 Å². The van der Waals surface area contributed by atoms with Crippen LogP contribution in [-0.4, -0.2) is 22.9 Å². The molecule has 0 spiro atoms. The van der Waals surface area contributed by atoms with Crippen molar-refractivity contribution in [1.29, 1.82) is 0 Å². The van der Waals surface area contributed by atoms with Crippen molar-refractivity contribution >= 4 is 5.97 Å². The third-order valence-electron chi connectivity index (χ3n) is 2.32. The number of halogens is 4. The van der Waals surface area contributed by atoms with Crippen molar-refractivity contribution in [3.05, 3.63) is 35.4 Å². The summed E-state index contributed by atoms with van der Waals surface area (Å²) in [5.41, 5.74) is -3.62. The van der Waals surface area contributed by atoms with E-state index in [1.807, 2.05) is 0 Å². The molecular weight excluding hydrogens is 240 g/mol. The molecule has 0 saturated heterocycles. The molecule has 17 heavy (non-hydrogen) atoms. The highest BCUT2D eigenvalue weighted by molar-refractivity contribution is 5.79. The lowest BCUT2D eigenvalue weighted by atomic mass is 9.95. The summed E-state index contributed by atoms with van der Waals surface area (Å²) in [6.45, 7) is 1.62. The van der Waals surface area contributed by atoms with Crippen LogP contribution < -0.4 is 0 Å². The van der Waals surface area contributed by atoms with Crippen LogP contribution in [0.15, 0.2) is 24.3 Å². The van der Waals surface area contributed by atoms with Crippen LogP contribution >= 0.6 is 0 Å². The minimum absolute atomic E-state index is 0.00720. The number of alkyl halides is 4. The molecule has 1 aromatic rings. The molecule has 6 heteroatoms. The molecule has 0 saturated carbocycles. The quantitative estimate of drug-likeness (QED) is 0.837. The van der Waals surface area contributed by atoms with Crippen LogP contribution in [0.4, 0.5) is 17.6 Å². The first-order valence-electron chi connectivity index (χ1n) is 4.71. The molecule has 0 heterocycles. The first-order valence-corrected chi connectivity index (χ1v) is 4.71. The molecule has 1 atom stereocenters. The Bertz CT molecular complexity index is 428. The maximum Gasteiger partial charge on any atom is 0.433 e. The Labute approximate surface area is 94.9 Å². The molecule has 94 valence electrons. The van der Waals surface area contributed by atoms with Crippen molar-refractivity contribution in [3.8, 4) is 0 Å². The molecule has 2 nitrogen and oxygen atoms in total. The summed E-state index contributed by atoms with van der Waals surface area (Å²) in [5, 5.41) is 8.40. The van der Waals surface area contributed by atoms with E-state index in [-0.39, 0.29) is 5.56 Å². The van der Waals surface area contributed by atoms with Gasteiger partial charge in [0.15, 0.2) is 0 Å². The van der Waals surface area contributed by atoms with E-state index < -0.39 is 24.2 Å². The summed E-state index contributed by atoms with van der Waals surface area (Å²) in [5.74, 6) is -2.52. The fourth-order valence-corrected chi connectivity index (χ4v) is 1.40. The second-order valence-corrected chi connectivity index (χ2v) is 3.77. The summed E-state index contributed by atoms with van der Waals surface area (Å²) in [7, 11) is 0. The monoisotopic (exact) mass is 250 g/mol. The Balaban J connectivity index is 3.08. The smallest absolute Gasteiger partial charge is 0.433 e. The van der Waals surface area contributed by atoms with Crippen LogP contribution in [0, 0.1) is 6.92 Å². The topological polar surface area (TPSA) is 37.3 Å². The Morgan fingerprint density at radius 1 is 1.29 bits per heavy atom. The zero-order chi connectivity index (χ0) is 13.3. The van der Waals surface area contributed by atoms with E-state index in [0.717, 1.165) is 0 Å². The molecule has 0 bridgehead atoms. The summed E-state index contributed by atoms with van der Waals surface area (Å²) >= 11 is 0. The molecular formula is C11H10F4O2. The SMILES string of the molecule is Cc1cccc(CC(F)(C(=O)O)C(F)(F)F)c1. The predicted molar refractivity (Wildman–Crippen MR) is 52.4 cm³/mol. The maximum absolute atomic E-state index is 13.5. The number of hydrogen-bond donors (Lipinski definition) is 1. The van der Waals surface area contributed by atoms with Gasteiger partial charge in [-0.1, -0.05) is 29.8 Å². The number of carboxylic acid groups (broad SMARTS) is 1. The predicted octanol–water partition coefficient (Wildman–Crippen LogP) is 2.89. The number of aryl methyl sites for hydroxylation is 1. The molecule has 0 aliphatic heterocycles.